The van der Waals surface area contributed by atoms with E-state index in [1.807, 2.05) is 0 Å². The van der Waals surface area contributed by atoms with Gasteiger partial charge in [-0.05, 0) is 44.6 Å². The zero-order valence-electron chi connectivity index (χ0n) is 11.6. The molecule has 2 heteroatoms. The molecule has 2 atom stereocenters. The van der Waals surface area contributed by atoms with Crippen molar-refractivity contribution >= 4 is 0 Å². The fourth-order valence-electron chi connectivity index (χ4n) is 2.13. The van der Waals surface area contributed by atoms with Crippen LogP contribution in [0.1, 0.15) is 59.8 Å². The largest absolute Gasteiger partial charge is 0.396 e. The van der Waals surface area contributed by atoms with Gasteiger partial charge in [-0.25, -0.2) is 0 Å². The molecule has 0 saturated carbocycles. The van der Waals surface area contributed by atoms with Gasteiger partial charge in [-0.1, -0.05) is 33.6 Å². The highest BCUT2D eigenvalue weighted by Gasteiger charge is 2.11. The molecule has 2 unspecified atom stereocenters. The second kappa shape index (κ2) is 10.1. The van der Waals surface area contributed by atoms with Crippen molar-refractivity contribution in [2.24, 2.45) is 11.8 Å². The Bertz CT molecular complexity index is 148. The van der Waals surface area contributed by atoms with E-state index in [0.29, 0.717) is 18.6 Å². The molecular formula is C14H31NO. The third-order valence-corrected chi connectivity index (χ3v) is 3.09. The van der Waals surface area contributed by atoms with Crippen LogP contribution in [0.15, 0.2) is 0 Å². The molecular weight excluding hydrogens is 198 g/mol. The van der Waals surface area contributed by atoms with Gasteiger partial charge in [0, 0.05) is 12.6 Å². The standard InChI is InChI=1S/C14H31NO/c1-5-6-7-13(4)15-11-14(8-9-16)10-12(2)3/h12-16H,5-11H2,1-4H3. The van der Waals surface area contributed by atoms with Gasteiger partial charge in [0.1, 0.15) is 0 Å². The predicted octanol–water partition coefficient (Wildman–Crippen LogP) is 3.20. The number of hydrogen-bond donors (Lipinski definition) is 2. The van der Waals surface area contributed by atoms with E-state index < -0.39 is 0 Å². The molecule has 0 aromatic rings. The summed E-state index contributed by atoms with van der Waals surface area (Å²) in [5.41, 5.74) is 0. The lowest BCUT2D eigenvalue weighted by molar-refractivity contribution is 0.236. The molecule has 0 saturated heterocycles. The summed E-state index contributed by atoms with van der Waals surface area (Å²) in [6, 6.07) is 0.619. The van der Waals surface area contributed by atoms with Crippen LogP contribution in [-0.4, -0.2) is 24.3 Å². The molecule has 2 N–H and O–H groups in total. The molecule has 0 aliphatic heterocycles. The Hall–Kier alpha value is -0.0800. The summed E-state index contributed by atoms with van der Waals surface area (Å²) in [5.74, 6) is 1.36. The van der Waals surface area contributed by atoms with Crippen molar-refractivity contribution in [1.82, 2.24) is 5.32 Å². The molecule has 0 spiro atoms. The van der Waals surface area contributed by atoms with Gasteiger partial charge in [0.2, 0.25) is 0 Å². The molecule has 0 fully saturated rings. The molecule has 0 aromatic heterocycles. The quantitative estimate of drug-likeness (QED) is 0.603. The van der Waals surface area contributed by atoms with Gasteiger partial charge in [0.25, 0.3) is 0 Å². The molecule has 0 aliphatic carbocycles. The van der Waals surface area contributed by atoms with E-state index in [1.54, 1.807) is 0 Å². The van der Waals surface area contributed by atoms with Crippen molar-refractivity contribution in [3.05, 3.63) is 0 Å². The summed E-state index contributed by atoms with van der Waals surface area (Å²) >= 11 is 0. The van der Waals surface area contributed by atoms with E-state index in [4.69, 9.17) is 5.11 Å². The van der Waals surface area contributed by atoms with Crippen LogP contribution in [0.3, 0.4) is 0 Å². The Morgan fingerprint density at radius 2 is 1.81 bits per heavy atom. The first kappa shape index (κ1) is 15.9. The Kier molecular flexibility index (Phi) is 10.0. The van der Waals surface area contributed by atoms with Gasteiger partial charge in [0.05, 0.1) is 0 Å². The molecule has 0 heterocycles. The summed E-state index contributed by atoms with van der Waals surface area (Å²) in [6.07, 6.45) is 6.00. The molecule has 16 heavy (non-hydrogen) atoms. The van der Waals surface area contributed by atoms with Crippen LogP contribution in [0.2, 0.25) is 0 Å². The smallest absolute Gasteiger partial charge is 0.0434 e. The second-order valence-corrected chi connectivity index (χ2v) is 5.46. The average Bonchev–Trinajstić information content (AvgIpc) is 2.22. The van der Waals surface area contributed by atoms with Gasteiger partial charge >= 0.3 is 0 Å². The molecule has 0 amide bonds. The van der Waals surface area contributed by atoms with Gasteiger partial charge in [-0.3, -0.25) is 0 Å². The Morgan fingerprint density at radius 3 is 2.31 bits per heavy atom. The summed E-state index contributed by atoms with van der Waals surface area (Å²) in [7, 11) is 0. The van der Waals surface area contributed by atoms with Crippen molar-refractivity contribution in [1.29, 1.82) is 0 Å². The van der Waals surface area contributed by atoms with Crippen LogP contribution in [0.25, 0.3) is 0 Å². The molecule has 0 radical (unpaired) electrons. The summed E-state index contributed by atoms with van der Waals surface area (Å²) in [5, 5.41) is 12.6. The Morgan fingerprint density at radius 1 is 1.12 bits per heavy atom. The fourth-order valence-corrected chi connectivity index (χ4v) is 2.13. The second-order valence-electron chi connectivity index (χ2n) is 5.46. The van der Waals surface area contributed by atoms with E-state index >= 15 is 0 Å². The monoisotopic (exact) mass is 229 g/mol. The molecule has 0 rings (SSSR count). The first-order valence-electron chi connectivity index (χ1n) is 6.94. The van der Waals surface area contributed by atoms with Crippen LogP contribution in [0, 0.1) is 11.8 Å². The van der Waals surface area contributed by atoms with Gasteiger partial charge in [-0.15, -0.1) is 0 Å². The van der Waals surface area contributed by atoms with Crippen molar-refractivity contribution in [2.75, 3.05) is 13.2 Å². The maximum Gasteiger partial charge on any atom is 0.0434 e. The number of hydrogen-bond acceptors (Lipinski definition) is 2. The van der Waals surface area contributed by atoms with Crippen LogP contribution in [0.4, 0.5) is 0 Å². The molecule has 0 aliphatic rings. The number of rotatable bonds is 10. The topological polar surface area (TPSA) is 32.3 Å². The van der Waals surface area contributed by atoms with Crippen molar-refractivity contribution in [3.8, 4) is 0 Å². The van der Waals surface area contributed by atoms with E-state index in [9.17, 15) is 0 Å². The van der Waals surface area contributed by atoms with E-state index in [2.05, 4.69) is 33.0 Å². The lowest BCUT2D eigenvalue weighted by Crippen LogP contribution is -2.32. The maximum absolute atomic E-state index is 9.03. The van der Waals surface area contributed by atoms with Crippen LogP contribution >= 0.6 is 0 Å². The fraction of sp³-hybridized carbons (Fsp3) is 1.00. The summed E-state index contributed by atoms with van der Waals surface area (Å²) in [4.78, 5) is 0. The van der Waals surface area contributed by atoms with Crippen LogP contribution < -0.4 is 5.32 Å². The normalized spacial score (nSPS) is 15.4. The maximum atomic E-state index is 9.03. The van der Waals surface area contributed by atoms with Crippen molar-refractivity contribution in [3.63, 3.8) is 0 Å². The Balaban J connectivity index is 3.72. The lowest BCUT2D eigenvalue weighted by atomic mass is 9.94. The summed E-state index contributed by atoms with van der Waals surface area (Å²) in [6.45, 7) is 10.4. The van der Waals surface area contributed by atoms with E-state index in [-0.39, 0.29) is 0 Å². The zero-order chi connectivity index (χ0) is 12.4. The average molecular weight is 229 g/mol. The predicted molar refractivity (Wildman–Crippen MR) is 71.6 cm³/mol. The number of aliphatic hydroxyl groups excluding tert-OH is 1. The third kappa shape index (κ3) is 9.17. The molecule has 98 valence electrons. The zero-order valence-corrected chi connectivity index (χ0v) is 11.6. The molecule has 0 aromatic carbocycles. The van der Waals surface area contributed by atoms with E-state index in [1.165, 1.54) is 25.7 Å². The Labute approximate surface area is 102 Å². The highest BCUT2D eigenvalue weighted by Crippen LogP contribution is 2.14. The van der Waals surface area contributed by atoms with Gasteiger partial charge in [0.15, 0.2) is 0 Å². The minimum Gasteiger partial charge on any atom is -0.396 e. The number of nitrogens with one attached hydrogen (secondary N) is 1. The first-order valence-corrected chi connectivity index (χ1v) is 6.94. The van der Waals surface area contributed by atoms with Crippen LogP contribution in [0.5, 0.6) is 0 Å². The third-order valence-electron chi connectivity index (χ3n) is 3.09. The first-order chi connectivity index (χ1) is 7.60. The van der Waals surface area contributed by atoms with Crippen molar-refractivity contribution in [2.45, 2.75) is 65.8 Å². The van der Waals surface area contributed by atoms with Crippen molar-refractivity contribution < 1.29 is 5.11 Å². The van der Waals surface area contributed by atoms with Crippen LogP contribution in [-0.2, 0) is 0 Å². The number of aliphatic hydroxyl groups is 1. The van der Waals surface area contributed by atoms with Gasteiger partial charge in [-0.2, -0.15) is 0 Å². The highest BCUT2D eigenvalue weighted by molar-refractivity contribution is 4.68. The lowest BCUT2D eigenvalue weighted by Gasteiger charge is -2.21. The van der Waals surface area contributed by atoms with E-state index in [0.717, 1.165) is 18.9 Å². The summed E-state index contributed by atoms with van der Waals surface area (Å²) < 4.78 is 0. The minimum atomic E-state index is 0.322. The molecule has 2 nitrogen and oxygen atoms in total. The minimum absolute atomic E-state index is 0.322. The SMILES string of the molecule is CCCCC(C)NCC(CCO)CC(C)C. The molecule has 0 bridgehead atoms. The number of unbranched alkanes of at least 4 members (excludes halogenated alkanes) is 1. The highest BCUT2D eigenvalue weighted by atomic mass is 16.3. The van der Waals surface area contributed by atoms with Gasteiger partial charge < -0.3 is 10.4 Å².